The molecule has 0 spiro atoms. The Labute approximate surface area is 240 Å². The van der Waals surface area contributed by atoms with Gasteiger partial charge in [0.05, 0.1) is 5.39 Å². The van der Waals surface area contributed by atoms with E-state index >= 15 is 0 Å². The van der Waals surface area contributed by atoms with E-state index in [0.717, 1.165) is 39.9 Å². The molecular formula is C33H36N6O2. The maximum atomic E-state index is 12.8. The number of hydrogen-bond donors (Lipinski definition) is 3. The number of benzene rings is 2. The Hall–Kier alpha value is -4.64. The Morgan fingerprint density at radius 3 is 2.59 bits per heavy atom. The molecule has 4 aromatic rings. The number of likely N-dealkylation sites (tertiary alicyclic amines) is 1. The number of aromatic amines is 1. The lowest BCUT2D eigenvalue weighted by Gasteiger charge is -2.19. The normalized spacial score (nSPS) is 15.0. The van der Waals surface area contributed by atoms with Crippen LogP contribution in [0.5, 0.6) is 0 Å². The SMILES string of the molecule is CC#CC(=O)N1CC[C@@H](Nc2n[nH]c3nccc(-c4ccc(CNC(=O)c5ccc(C(C)(C)C)cc5)cc4C)c23)C1. The van der Waals surface area contributed by atoms with Crippen LogP contribution in [0.15, 0.2) is 54.7 Å². The first kappa shape index (κ1) is 27.9. The van der Waals surface area contributed by atoms with E-state index in [2.05, 4.69) is 77.5 Å². The van der Waals surface area contributed by atoms with E-state index < -0.39 is 0 Å². The number of aryl methyl sites for hydroxylation is 1. The molecule has 2 amide bonds. The van der Waals surface area contributed by atoms with E-state index in [1.54, 1.807) is 18.0 Å². The molecule has 8 heteroatoms. The molecular weight excluding hydrogens is 512 g/mol. The van der Waals surface area contributed by atoms with Crippen LogP contribution in [0.1, 0.15) is 61.2 Å². The van der Waals surface area contributed by atoms with Gasteiger partial charge in [0.25, 0.3) is 11.8 Å². The molecule has 210 valence electrons. The summed E-state index contributed by atoms with van der Waals surface area (Å²) in [6.45, 7) is 11.9. The smallest absolute Gasteiger partial charge is 0.298 e. The molecule has 1 saturated heterocycles. The third kappa shape index (κ3) is 6.09. The van der Waals surface area contributed by atoms with Crippen molar-refractivity contribution in [3.63, 3.8) is 0 Å². The molecule has 3 N–H and O–H groups in total. The number of nitrogens with one attached hydrogen (secondary N) is 3. The summed E-state index contributed by atoms with van der Waals surface area (Å²) < 4.78 is 0. The van der Waals surface area contributed by atoms with E-state index in [4.69, 9.17) is 0 Å². The fourth-order valence-corrected chi connectivity index (χ4v) is 5.27. The van der Waals surface area contributed by atoms with Crippen LogP contribution in [-0.2, 0) is 16.8 Å². The Bertz CT molecular complexity index is 1650. The molecule has 0 radical (unpaired) electrons. The Balaban J connectivity index is 1.30. The predicted molar refractivity (Wildman–Crippen MR) is 162 cm³/mol. The Kier molecular flexibility index (Phi) is 7.80. The average Bonchev–Trinajstić information content (AvgIpc) is 3.59. The molecule has 5 rings (SSSR count). The molecule has 1 fully saturated rings. The molecule has 0 aliphatic carbocycles. The van der Waals surface area contributed by atoms with Crippen LogP contribution in [0.3, 0.4) is 0 Å². The van der Waals surface area contributed by atoms with Crippen LogP contribution in [0.2, 0.25) is 0 Å². The van der Waals surface area contributed by atoms with Gasteiger partial charge in [-0.25, -0.2) is 4.98 Å². The average molecular weight is 549 g/mol. The molecule has 8 nitrogen and oxygen atoms in total. The first-order valence-electron chi connectivity index (χ1n) is 13.9. The van der Waals surface area contributed by atoms with Crippen molar-refractivity contribution < 1.29 is 9.59 Å². The fraction of sp³-hybridized carbons (Fsp3) is 0.333. The summed E-state index contributed by atoms with van der Waals surface area (Å²) in [7, 11) is 0. The van der Waals surface area contributed by atoms with Crippen LogP contribution < -0.4 is 10.6 Å². The number of carbonyl (C=O) groups is 2. The second kappa shape index (κ2) is 11.5. The molecule has 1 atom stereocenters. The highest BCUT2D eigenvalue weighted by Gasteiger charge is 2.27. The molecule has 41 heavy (non-hydrogen) atoms. The number of H-pyrrole nitrogens is 1. The van der Waals surface area contributed by atoms with Crippen LogP contribution in [0.25, 0.3) is 22.2 Å². The maximum Gasteiger partial charge on any atom is 0.298 e. The van der Waals surface area contributed by atoms with Crippen molar-refractivity contribution in [3.8, 4) is 23.0 Å². The van der Waals surface area contributed by atoms with Gasteiger partial charge < -0.3 is 15.5 Å². The van der Waals surface area contributed by atoms with Gasteiger partial charge in [-0.2, -0.15) is 5.10 Å². The predicted octanol–water partition coefficient (Wildman–Crippen LogP) is 5.20. The number of nitrogens with zero attached hydrogens (tertiary/aromatic N) is 3. The van der Waals surface area contributed by atoms with E-state index in [-0.39, 0.29) is 23.3 Å². The molecule has 0 bridgehead atoms. The molecule has 1 aliphatic rings. The Morgan fingerprint density at radius 2 is 1.88 bits per heavy atom. The van der Waals surface area contributed by atoms with Gasteiger partial charge in [0.15, 0.2) is 11.5 Å². The van der Waals surface area contributed by atoms with Gasteiger partial charge >= 0.3 is 0 Å². The number of amides is 2. The third-order valence-electron chi connectivity index (χ3n) is 7.56. The highest BCUT2D eigenvalue weighted by Crippen LogP contribution is 2.34. The van der Waals surface area contributed by atoms with Gasteiger partial charge in [0, 0.05) is 37.4 Å². The van der Waals surface area contributed by atoms with E-state index in [1.165, 1.54) is 5.56 Å². The van der Waals surface area contributed by atoms with Crippen LogP contribution in [0, 0.1) is 18.8 Å². The summed E-state index contributed by atoms with van der Waals surface area (Å²) in [5, 5.41) is 15.0. The minimum atomic E-state index is -0.142. The lowest BCUT2D eigenvalue weighted by atomic mass is 9.87. The van der Waals surface area contributed by atoms with Crippen LogP contribution in [0.4, 0.5) is 5.82 Å². The highest BCUT2D eigenvalue weighted by atomic mass is 16.2. The van der Waals surface area contributed by atoms with E-state index in [1.807, 2.05) is 36.4 Å². The van der Waals surface area contributed by atoms with Crippen molar-refractivity contribution in [1.82, 2.24) is 25.4 Å². The second-order valence-electron chi connectivity index (χ2n) is 11.6. The summed E-state index contributed by atoms with van der Waals surface area (Å²) in [4.78, 5) is 31.2. The summed E-state index contributed by atoms with van der Waals surface area (Å²) in [5.74, 6) is 5.79. The monoisotopic (exact) mass is 548 g/mol. The van der Waals surface area contributed by atoms with Crippen molar-refractivity contribution >= 4 is 28.7 Å². The summed E-state index contributed by atoms with van der Waals surface area (Å²) in [5.41, 5.74) is 6.78. The van der Waals surface area contributed by atoms with Gasteiger partial charge in [-0.1, -0.05) is 57.0 Å². The van der Waals surface area contributed by atoms with Gasteiger partial charge in [-0.3, -0.25) is 14.7 Å². The third-order valence-corrected chi connectivity index (χ3v) is 7.56. The number of fused-ring (bicyclic) bond motifs is 1. The van der Waals surface area contributed by atoms with Gasteiger partial charge in [-0.15, -0.1) is 0 Å². The zero-order valence-corrected chi connectivity index (χ0v) is 24.3. The zero-order chi connectivity index (χ0) is 29.1. The lowest BCUT2D eigenvalue weighted by molar-refractivity contribution is -0.124. The number of hydrogen-bond acceptors (Lipinski definition) is 5. The highest BCUT2D eigenvalue weighted by molar-refractivity contribution is 6.01. The largest absolute Gasteiger partial charge is 0.363 e. The molecule has 1 aliphatic heterocycles. The summed E-state index contributed by atoms with van der Waals surface area (Å²) >= 11 is 0. The summed E-state index contributed by atoms with van der Waals surface area (Å²) in [6.07, 6.45) is 2.60. The number of carbonyl (C=O) groups excluding carboxylic acids is 2. The summed E-state index contributed by atoms with van der Waals surface area (Å²) in [6, 6.07) is 16.1. The van der Waals surface area contributed by atoms with Crippen molar-refractivity contribution in [3.05, 3.63) is 77.0 Å². The van der Waals surface area contributed by atoms with Crippen molar-refractivity contribution in [2.24, 2.45) is 0 Å². The molecule has 0 unspecified atom stereocenters. The minimum Gasteiger partial charge on any atom is -0.363 e. The van der Waals surface area contributed by atoms with E-state index in [0.29, 0.717) is 30.8 Å². The van der Waals surface area contributed by atoms with Crippen molar-refractivity contribution in [2.45, 2.75) is 59.0 Å². The lowest BCUT2D eigenvalue weighted by Crippen LogP contribution is -2.30. The van der Waals surface area contributed by atoms with Gasteiger partial charge in [0.2, 0.25) is 0 Å². The topological polar surface area (TPSA) is 103 Å². The number of rotatable bonds is 6. The second-order valence-corrected chi connectivity index (χ2v) is 11.6. The van der Waals surface area contributed by atoms with Crippen molar-refractivity contribution in [1.29, 1.82) is 0 Å². The Morgan fingerprint density at radius 1 is 1.10 bits per heavy atom. The fourth-order valence-electron chi connectivity index (χ4n) is 5.27. The van der Waals surface area contributed by atoms with E-state index in [9.17, 15) is 9.59 Å². The maximum absolute atomic E-state index is 12.8. The number of pyridine rings is 1. The first-order chi connectivity index (χ1) is 19.6. The van der Waals surface area contributed by atoms with Crippen LogP contribution >= 0.6 is 0 Å². The van der Waals surface area contributed by atoms with Crippen LogP contribution in [-0.4, -0.2) is 51.0 Å². The molecule has 0 saturated carbocycles. The molecule has 3 heterocycles. The zero-order valence-electron chi connectivity index (χ0n) is 24.3. The minimum absolute atomic E-state index is 0.0456. The first-order valence-corrected chi connectivity index (χ1v) is 13.9. The molecule has 2 aromatic carbocycles. The van der Waals surface area contributed by atoms with Gasteiger partial charge in [-0.05, 0) is 77.6 Å². The number of anilines is 1. The number of aromatic nitrogens is 3. The van der Waals surface area contributed by atoms with Crippen molar-refractivity contribution in [2.75, 3.05) is 18.4 Å². The van der Waals surface area contributed by atoms with Gasteiger partial charge in [0.1, 0.15) is 0 Å². The standard InChI is InChI=1S/C33H36N6O2/c1-6-7-28(40)39-17-15-25(20-39)36-31-29-27(14-16-34-30(29)37-38-31)26-13-8-22(18-21(26)2)19-35-32(41)23-9-11-24(12-10-23)33(3,4)5/h8-14,16,18,25H,15,17,19-20H2,1-5H3,(H,35,41)(H2,34,36,37,38)/t25-/m1/s1. The molecule has 2 aromatic heterocycles. The quantitative estimate of drug-likeness (QED) is 0.288.